The molecule has 0 unspecified atom stereocenters. The van der Waals surface area contributed by atoms with E-state index < -0.39 is 0 Å². The highest BCUT2D eigenvalue weighted by molar-refractivity contribution is 7.08. The Labute approximate surface area is 135 Å². The number of nitrogens with zero attached hydrogens (tertiary/aromatic N) is 1. The second-order valence-corrected chi connectivity index (χ2v) is 5.10. The van der Waals surface area contributed by atoms with Crippen molar-refractivity contribution in [1.82, 2.24) is 5.32 Å². The molecule has 0 saturated carbocycles. The standard InChI is InChI=1S/C16H16N2OS.C2H2/c1-11(16(9-17)18-2)13-6-14(8-15(7-13)19-3)12-4-5-20-10-12;1-2/h4-8,10,18H,1-3H3;1-2H/b16-11+;. The molecular formula is C18H18N2OS. The summed E-state index contributed by atoms with van der Waals surface area (Å²) in [5.41, 5.74) is 4.70. The first kappa shape index (κ1) is 17.4. The van der Waals surface area contributed by atoms with Crippen LogP contribution in [0.3, 0.4) is 0 Å². The maximum absolute atomic E-state index is 9.14. The van der Waals surface area contributed by atoms with Gasteiger partial charge in [-0.1, -0.05) is 0 Å². The molecule has 0 atom stereocenters. The molecule has 1 N–H and O–H groups in total. The molecular weight excluding hydrogens is 292 g/mol. The molecule has 1 aromatic heterocycles. The normalized spacial score (nSPS) is 10.5. The van der Waals surface area contributed by atoms with Crippen LogP contribution in [0.2, 0.25) is 0 Å². The van der Waals surface area contributed by atoms with E-state index in [1.165, 1.54) is 0 Å². The van der Waals surface area contributed by atoms with Gasteiger partial charge in [-0.15, -0.1) is 12.8 Å². The molecule has 0 spiro atoms. The van der Waals surface area contributed by atoms with Gasteiger partial charge in [-0.05, 0) is 64.2 Å². The molecule has 0 bridgehead atoms. The van der Waals surface area contributed by atoms with E-state index in [2.05, 4.69) is 41.7 Å². The number of ether oxygens (including phenoxy) is 1. The first-order valence-electron chi connectivity index (χ1n) is 6.53. The van der Waals surface area contributed by atoms with E-state index in [1.54, 1.807) is 25.5 Å². The molecule has 1 heterocycles. The van der Waals surface area contributed by atoms with Gasteiger partial charge in [0.1, 0.15) is 17.5 Å². The van der Waals surface area contributed by atoms with Crippen molar-refractivity contribution < 1.29 is 4.74 Å². The minimum absolute atomic E-state index is 0.564. The van der Waals surface area contributed by atoms with Gasteiger partial charge in [0.15, 0.2) is 0 Å². The fourth-order valence-corrected chi connectivity index (χ4v) is 2.67. The molecule has 0 fully saturated rings. The van der Waals surface area contributed by atoms with E-state index in [0.717, 1.165) is 28.0 Å². The zero-order valence-electron chi connectivity index (χ0n) is 12.9. The van der Waals surface area contributed by atoms with E-state index in [-0.39, 0.29) is 0 Å². The van der Waals surface area contributed by atoms with Crippen LogP contribution in [0.25, 0.3) is 16.7 Å². The van der Waals surface area contributed by atoms with Gasteiger partial charge in [0.25, 0.3) is 0 Å². The topological polar surface area (TPSA) is 45.0 Å². The van der Waals surface area contributed by atoms with Crippen LogP contribution in [0.1, 0.15) is 12.5 Å². The maximum Gasteiger partial charge on any atom is 0.120 e. The summed E-state index contributed by atoms with van der Waals surface area (Å²) in [7, 11) is 3.40. The lowest BCUT2D eigenvalue weighted by Crippen LogP contribution is -2.05. The van der Waals surface area contributed by atoms with Crippen LogP contribution in [0.5, 0.6) is 5.75 Å². The van der Waals surface area contributed by atoms with Crippen LogP contribution >= 0.6 is 11.3 Å². The van der Waals surface area contributed by atoms with Crippen LogP contribution in [0.4, 0.5) is 0 Å². The lowest BCUT2D eigenvalue weighted by molar-refractivity contribution is 0.415. The van der Waals surface area contributed by atoms with Gasteiger partial charge in [0.2, 0.25) is 0 Å². The molecule has 0 radical (unpaired) electrons. The summed E-state index contributed by atoms with van der Waals surface area (Å²) in [6, 6.07) is 10.3. The molecule has 112 valence electrons. The first-order valence-corrected chi connectivity index (χ1v) is 7.48. The lowest BCUT2D eigenvalue weighted by Gasteiger charge is -2.10. The minimum Gasteiger partial charge on any atom is -0.497 e. The Hall–Kier alpha value is -2.69. The number of methoxy groups -OCH3 is 1. The molecule has 0 amide bonds. The Bertz CT molecular complexity index is 706. The Morgan fingerprint density at radius 1 is 1.27 bits per heavy atom. The Morgan fingerprint density at radius 3 is 2.50 bits per heavy atom. The molecule has 1 aromatic carbocycles. The third-order valence-corrected chi connectivity index (χ3v) is 3.85. The van der Waals surface area contributed by atoms with Gasteiger partial charge in [0, 0.05) is 7.05 Å². The van der Waals surface area contributed by atoms with Crippen LogP contribution in [0.15, 0.2) is 40.7 Å². The summed E-state index contributed by atoms with van der Waals surface area (Å²) < 4.78 is 5.37. The first-order chi connectivity index (χ1) is 10.7. The molecule has 3 nitrogen and oxygen atoms in total. The predicted molar refractivity (Wildman–Crippen MR) is 93.5 cm³/mol. The van der Waals surface area contributed by atoms with Crippen molar-refractivity contribution in [2.45, 2.75) is 6.92 Å². The number of benzene rings is 1. The number of nitrogens with one attached hydrogen (secondary N) is 1. The number of nitriles is 1. The number of thiophene rings is 1. The minimum atomic E-state index is 0.564. The zero-order chi connectivity index (χ0) is 16.5. The van der Waals surface area contributed by atoms with Crippen molar-refractivity contribution in [3.63, 3.8) is 0 Å². The van der Waals surface area contributed by atoms with E-state index in [4.69, 9.17) is 10.00 Å². The van der Waals surface area contributed by atoms with Gasteiger partial charge in [0.05, 0.1) is 7.11 Å². The fourth-order valence-electron chi connectivity index (χ4n) is 2.00. The largest absolute Gasteiger partial charge is 0.497 e. The fraction of sp³-hybridized carbons (Fsp3) is 0.167. The molecule has 0 saturated heterocycles. The van der Waals surface area contributed by atoms with E-state index >= 15 is 0 Å². The SMILES string of the molecule is C#C.CN/C(C#N)=C(\C)c1cc(OC)cc(-c2ccsc2)c1. The van der Waals surface area contributed by atoms with Crippen molar-refractivity contribution >= 4 is 16.9 Å². The Kier molecular flexibility index (Phi) is 6.76. The van der Waals surface area contributed by atoms with Crippen molar-refractivity contribution in [3.05, 3.63) is 46.3 Å². The molecule has 4 heteroatoms. The van der Waals surface area contributed by atoms with Crippen LogP contribution in [-0.2, 0) is 0 Å². The van der Waals surface area contributed by atoms with E-state index in [0.29, 0.717) is 5.70 Å². The molecule has 0 aliphatic heterocycles. The van der Waals surface area contributed by atoms with Gasteiger partial charge in [-0.25, -0.2) is 0 Å². The average molecular weight is 310 g/mol. The summed E-state index contributed by atoms with van der Waals surface area (Å²) in [4.78, 5) is 0. The number of hydrogen-bond acceptors (Lipinski definition) is 4. The quantitative estimate of drug-likeness (QED) is 0.681. The van der Waals surface area contributed by atoms with Gasteiger partial charge >= 0.3 is 0 Å². The van der Waals surface area contributed by atoms with Crippen LogP contribution in [-0.4, -0.2) is 14.2 Å². The summed E-state index contributed by atoms with van der Waals surface area (Å²) in [5.74, 6) is 0.788. The summed E-state index contributed by atoms with van der Waals surface area (Å²) in [5, 5.41) is 16.2. The highest BCUT2D eigenvalue weighted by Gasteiger charge is 2.08. The summed E-state index contributed by atoms with van der Waals surface area (Å²) in [6.45, 7) is 1.93. The van der Waals surface area contributed by atoms with Crippen molar-refractivity contribution in [1.29, 1.82) is 5.26 Å². The van der Waals surface area contributed by atoms with Gasteiger partial charge in [-0.2, -0.15) is 16.6 Å². The number of hydrogen-bond donors (Lipinski definition) is 1. The van der Waals surface area contributed by atoms with Crippen molar-refractivity contribution in [2.75, 3.05) is 14.2 Å². The monoisotopic (exact) mass is 310 g/mol. The molecule has 2 aromatic rings. The van der Waals surface area contributed by atoms with E-state index in [1.807, 2.05) is 24.4 Å². The van der Waals surface area contributed by atoms with Crippen LogP contribution in [0, 0.1) is 24.2 Å². The molecule has 2 rings (SSSR count). The molecule has 22 heavy (non-hydrogen) atoms. The third-order valence-electron chi connectivity index (χ3n) is 3.17. The summed E-state index contributed by atoms with van der Waals surface area (Å²) in [6.07, 6.45) is 8.00. The maximum atomic E-state index is 9.14. The van der Waals surface area contributed by atoms with Gasteiger partial charge < -0.3 is 10.1 Å². The highest BCUT2D eigenvalue weighted by Crippen LogP contribution is 2.31. The smallest absolute Gasteiger partial charge is 0.120 e. The highest BCUT2D eigenvalue weighted by atomic mass is 32.1. The zero-order valence-corrected chi connectivity index (χ0v) is 13.7. The second-order valence-electron chi connectivity index (χ2n) is 4.32. The summed E-state index contributed by atoms with van der Waals surface area (Å²) >= 11 is 1.66. The van der Waals surface area contributed by atoms with E-state index in [9.17, 15) is 0 Å². The molecule has 0 aliphatic rings. The Morgan fingerprint density at radius 2 is 2.00 bits per heavy atom. The van der Waals surface area contributed by atoms with Gasteiger partial charge in [-0.3, -0.25) is 0 Å². The third kappa shape index (κ3) is 3.91. The lowest BCUT2D eigenvalue weighted by atomic mass is 9.99. The number of rotatable bonds is 4. The number of allylic oxidation sites excluding steroid dienone is 2. The number of terminal acetylenes is 1. The predicted octanol–water partition coefficient (Wildman–Crippen LogP) is 4.15. The van der Waals surface area contributed by atoms with Crippen LogP contribution < -0.4 is 10.1 Å². The second kappa shape index (κ2) is 8.56. The van der Waals surface area contributed by atoms with Crippen molar-refractivity contribution in [2.24, 2.45) is 0 Å². The van der Waals surface area contributed by atoms with Crippen molar-refractivity contribution in [3.8, 4) is 35.8 Å². The molecule has 0 aliphatic carbocycles. The Balaban J connectivity index is 0.00000116. The average Bonchev–Trinajstić information content (AvgIpc) is 3.11.